The van der Waals surface area contributed by atoms with Crippen LogP contribution in [0, 0.1) is 22.5 Å². The van der Waals surface area contributed by atoms with Gasteiger partial charge < -0.3 is 10.5 Å². The molecule has 1 aliphatic carbocycles. The number of carbonyl (C=O) groups excluding carboxylic acids is 1. The van der Waals surface area contributed by atoms with Crippen LogP contribution < -0.4 is 10.0 Å². The van der Waals surface area contributed by atoms with Crippen LogP contribution in [0.2, 0.25) is 0 Å². The van der Waals surface area contributed by atoms with E-state index in [-0.39, 0.29) is 11.7 Å². The molecule has 5 nitrogen and oxygen atoms in total. The summed E-state index contributed by atoms with van der Waals surface area (Å²) in [6, 6.07) is 7.33. The molecule has 2 heterocycles. The van der Waals surface area contributed by atoms with Crippen molar-refractivity contribution in [3.8, 4) is 6.07 Å². The lowest BCUT2D eigenvalue weighted by Crippen LogP contribution is -2.28. The van der Waals surface area contributed by atoms with E-state index in [0.717, 1.165) is 29.6 Å². The number of nitriles is 1. The van der Waals surface area contributed by atoms with Crippen LogP contribution in [-0.2, 0) is 17.6 Å². The lowest BCUT2D eigenvalue weighted by atomic mass is 9.89. The van der Waals surface area contributed by atoms with Crippen molar-refractivity contribution in [1.29, 1.82) is 5.26 Å². The molecule has 1 atom stereocenters. The Labute approximate surface area is 148 Å². The summed E-state index contributed by atoms with van der Waals surface area (Å²) in [5.74, 6) is 0.551. The molecular formula is C17H17N3O2S2. The lowest BCUT2D eigenvalue weighted by molar-refractivity contribution is -0.645. The molecule has 1 amide bonds. The summed E-state index contributed by atoms with van der Waals surface area (Å²) in [5, 5.41) is 25.0. The number of pyridine rings is 1. The fourth-order valence-electron chi connectivity index (χ4n) is 2.78. The third kappa shape index (κ3) is 3.55. The summed E-state index contributed by atoms with van der Waals surface area (Å²) in [6.45, 7) is 2.21. The molecule has 0 saturated carbocycles. The number of thioether (sulfide) groups is 1. The van der Waals surface area contributed by atoms with Crippen molar-refractivity contribution in [3.05, 3.63) is 45.6 Å². The molecule has 1 unspecified atom stereocenters. The Kier molecular flexibility index (Phi) is 5.07. The van der Waals surface area contributed by atoms with E-state index in [1.54, 1.807) is 18.2 Å². The minimum Gasteiger partial charge on any atom is -0.618 e. The predicted octanol–water partition coefficient (Wildman–Crippen LogP) is 3.11. The summed E-state index contributed by atoms with van der Waals surface area (Å²) in [5.41, 5.74) is 1.71. The fraction of sp³-hybridized carbons (Fsp3) is 0.353. The second kappa shape index (κ2) is 7.24. The van der Waals surface area contributed by atoms with Gasteiger partial charge in [-0.15, -0.1) is 11.3 Å². The summed E-state index contributed by atoms with van der Waals surface area (Å²) >= 11 is 2.70. The van der Waals surface area contributed by atoms with Crippen LogP contribution in [0.4, 0.5) is 5.00 Å². The van der Waals surface area contributed by atoms with Crippen molar-refractivity contribution in [2.45, 2.75) is 31.2 Å². The maximum atomic E-state index is 12.2. The fourth-order valence-corrected chi connectivity index (χ4v) is 4.88. The highest BCUT2D eigenvalue weighted by Gasteiger charge is 2.24. The third-order valence-corrected chi connectivity index (χ3v) is 6.20. The van der Waals surface area contributed by atoms with E-state index in [1.165, 1.54) is 34.2 Å². The van der Waals surface area contributed by atoms with Gasteiger partial charge in [-0.05, 0) is 48.6 Å². The topological polar surface area (TPSA) is 79.8 Å². The number of hydrogen-bond donors (Lipinski definition) is 1. The van der Waals surface area contributed by atoms with Crippen LogP contribution in [0.25, 0.3) is 0 Å². The molecule has 0 saturated heterocycles. The van der Waals surface area contributed by atoms with Gasteiger partial charge in [-0.1, -0.05) is 6.92 Å². The summed E-state index contributed by atoms with van der Waals surface area (Å²) < 4.78 is 0.740. The highest BCUT2D eigenvalue weighted by molar-refractivity contribution is 7.99. The first-order valence-electron chi connectivity index (χ1n) is 7.74. The monoisotopic (exact) mass is 359 g/mol. The van der Waals surface area contributed by atoms with Crippen molar-refractivity contribution in [3.63, 3.8) is 0 Å². The highest BCUT2D eigenvalue weighted by Crippen LogP contribution is 2.39. The van der Waals surface area contributed by atoms with Gasteiger partial charge in [0.25, 0.3) is 5.03 Å². The standard InChI is InChI=1S/C17H17N3O2S2/c1-11-5-6-12-13(9-18)17(24-14(12)8-11)19-15(21)10-23-16-4-2-3-7-20(16)22/h2-4,7,11H,5-6,8,10H2,1H3,(H,19,21). The number of carbonyl (C=O) groups is 1. The number of fused-ring (bicyclic) bond motifs is 1. The normalized spacial score (nSPS) is 16.2. The molecule has 24 heavy (non-hydrogen) atoms. The van der Waals surface area contributed by atoms with E-state index in [2.05, 4.69) is 18.3 Å². The first kappa shape index (κ1) is 16.8. The number of nitrogens with zero attached hydrogens (tertiary/aromatic N) is 2. The van der Waals surface area contributed by atoms with E-state index in [9.17, 15) is 15.3 Å². The highest BCUT2D eigenvalue weighted by atomic mass is 32.2. The average molecular weight is 359 g/mol. The summed E-state index contributed by atoms with van der Waals surface area (Å²) in [6.07, 6.45) is 4.36. The van der Waals surface area contributed by atoms with Gasteiger partial charge in [0.2, 0.25) is 5.91 Å². The Bertz CT molecular complexity index is 811. The first-order chi connectivity index (χ1) is 11.6. The van der Waals surface area contributed by atoms with Crippen molar-refractivity contribution >= 4 is 34.0 Å². The molecule has 1 aliphatic rings. The lowest BCUT2D eigenvalue weighted by Gasteiger charge is -2.17. The number of anilines is 1. The van der Waals surface area contributed by atoms with Gasteiger partial charge in [0.05, 0.1) is 11.3 Å². The number of hydrogen-bond acceptors (Lipinski definition) is 5. The molecule has 3 rings (SSSR count). The van der Waals surface area contributed by atoms with E-state index in [1.807, 2.05) is 0 Å². The zero-order chi connectivity index (χ0) is 17.1. The number of nitrogens with one attached hydrogen (secondary N) is 1. The second-order valence-corrected chi connectivity index (χ2v) is 7.97. The van der Waals surface area contributed by atoms with Crippen molar-refractivity contribution in [1.82, 2.24) is 0 Å². The molecule has 2 aromatic heterocycles. The first-order valence-corrected chi connectivity index (χ1v) is 9.54. The van der Waals surface area contributed by atoms with Gasteiger partial charge in [0, 0.05) is 17.0 Å². The van der Waals surface area contributed by atoms with E-state index < -0.39 is 0 Å². The number of thiophene rings is 1. The summed E-state index contributed by atoms with van der Waals surface area (Å²) in [7, 11) is 0. The molecule has 0 spiro atoms. The SMILES string of the molecule is CC1CCc2c(sc(NC(=O)CSc3cccc[n+]3[O-])c2C#N)C1. The summed E-state index contributed by atoms with van der Waals surface area (Å²) in [4.78, 5) is 13.4. The molecule has 0 fully saturated rings. The smallest absolute Gasteiger partial charge is 0.251 e. The van der Waals surface area contributed by atoms with E-state index in [0.29, 0.717) is 21.5 Å². The molecule has 0 radical (unpaired) electrons. The zero-order valence-electron chi connectivity index (χ0n) is 13.2. The third-order valence-electron chi connectivity index (χ3n) is 4.02. The Hall–Kier alpha value is -2.04. The maximum Gasteiger partial charge on any atom is 0.251 e. The van der Waals surface area contributed by atoms with Crippen LogP contribution >= 0.6 is 23.1 Å². The quantitative estimate of drug-likeness (QED) is 0.517. The van der Waals surface area contributed by atoms with Gasteiger partial charge in [-0.3, -0.25) is 4.79 Å². The van der Waals surface area contributed by atoms with Crippen molar-refractivity contribution in [2.24, 2.45) is 5.92 Å². The Morgan fingerprint density at radius 1 is 1.58 bits per heavy atom. The molecule has 1 N–H and O–H groups in total. The van der Waals surface area contributed by atoms with Gasteiger partial charge in [-0.2, -0.15) is 9.99 Å². The average Bonchev–Trinajstić information content (AvgIpc) is 2.90. The second-order valence-electron chi connectivity index (χ2n) is 5.87. The van der Waals surface area contributed by atoms with Crippen molar-refractivity contribution < 1.29 is 9.52 Å². The Balaban J connectivity index is 1.69. The van der Waals surface area contributed by atoms with Crippen LogP contribution in [0.1, 0.15) is 29.3 Å². The van der Waals surface area contributed by atoms with Crippen LogP contribution in [0.15, 0.2) is 29.4 Å². The largest absolute Gasteiger partial charge is 0.618 e. The number of rotatable bonds is 4. The van der Waals surface area contributed by atoms with E-state index in [4.69, 9.17) is 0 Å². The molecule has 124 valence electrons. The van der Waals surface area contributed by atoms with E-state index >= 15 is 0 Å². The number of aromatic nitrogens is 1. The molecule has 2 aromatic rings. The molecule has 7 heteroatoms. The predicted molar refractivity (Wildman–Crippen MR) is 95.0 cm³/mol. The van der Waals surface area contributed by atoms with Gasteiger partial charge in [-0.25, -0.2) is 0 Å². The van der Waals surface area contributed by atoms with Crippen LogP contribution in [0.5, 0.6) is 0 Å². The van der Waals surface area contributed by atoms with Gasteiger partial charge >= 0.3 is 0 Å². The molecule has 0 aromatic carbocycles. The molecule has 0 aliphatic heterocycles. The Morgan fingerprint density at radius 2 is 2.42 bits per heavy atom. The minimum absolute atomic E-state index is 0.135. The minimum atomic E-state index is -0.202. The van der Waals surface area contributed by atoms with Crippen LogP contribution in [-0.4, -0.2) is 11.7 Å². The zero-order valence-corrected chi connectivity index (χ0v) is 14.9. The van der Waals surface area contributed by atoms with Crippen molar-refractivity contribution in [2.75, 3.05) is 11.1 Å². The molecule has 0 bridgehead atoms. The Morgan fingerprint density at radius 3 is 3.17 bits per heavy atom. The van der Waals surface area contributed by atoms with Gasteiger partial charge in [0.1, 0.15) is 11.1 Å². The number of amides is 1. The van der Waals surface area contributed by atoms with Gasteiger partial charge in [0.15, 0.2) is 6.20 Å². The maximum absolute atomic E-state index is 12.2. The molecular weight excluding hydrogens is 342 g/mol. The van der Waals surface area contributed by atoms with Crippen LogP contribution in [0.3, 0.4) is 0 Å².